The van der Waals surface area contributed by atoms with Crippen molar-refractivity contribution in [2.75, 3.05) is 18.4 Å². The minimum atomic E-state index is -0.472. The lowest BCUT2D eigenvalue weighted by molar-refractivity contribution is -0.927. The van der Waals surface area contributed by atoms with Crippen LogP contribution in [-0.4, -0.2) is 44.9 Å². The molecule has 0 saturated carbocycles. The number of hydroxylamine groups is 3. The Bertz CT molecular complexity index is 1400. The molecule has 6 rings (SSSR count). The maximum absolute atomic E-state index is 12.6. The van der Waals surface area contributed by atoms with Gasteiger partial charge in [-0.15, -0.1) is 4.65 Å². The standard InChI is InChI=1S/C29H27N4O3/c34-28(33(35)16-17-33)22-7-6-20-8-11-24(19-23(20)18-22)31-29-30-15-14-27(32-29)21-9-12-26(13-10-21)36-25-4-2-1-3-5-25/h1-7,9-10,12-15,18,24,35H,8,11,16-17,19H2,(H,30,31,32)/q+1. The molecule has 2 N–H and O–H groups in total. The summed E-state index contributed by atoms with van der Waals surface area (Å²) in [5.74, 6) is 1.93. The SMILES string of the molecule is O=C(c1ccc2c(c1)CC(Nc1nccc(-c3ccc(Oc4ccccc4)cc3)n1)CC2)[N+]1(O)CC1. The summed E-state index contributed by atoms with van der Waals surface area (Å²) in [5.41, 5.74) is 4.79. The fourth-order valence-corrected chi connectivity index (χ4v) is 4.64. The average Bonchev–Trinajstić information content (AvgIpc) is 3.67. The number of benzene rings is 3. The zero-order valence-corrected chi connectivity index (χ0v) is 19.8. The van der Waals surface area contributed by atoms with Gasteiger partial charge < -0.3 is 10.1 Å². The topological polar surface area (TPSA) is 84.3 Å². The second-order valence-corrected chi connectivity index (χ2v) is 9.45. The highest BCUT2D eigenvalue weighted by molar-refractivity contribution is 5.89. The van der Waals surface area contributed by atoms with Gasteiger partial charge >= 0.3 is 5.91 Å². The van der Waals surface area contributed by atoms with Crippen molar-refractivity contribution in [1.29, 1.82) is 0 Å². The number of hydrogen-bond acceptors (Lipinski definition) is 6. The molecule has 1 unspecified atom stereocenters. The summed E-state index contributed by atoms with van der Waals surface area (Å²) in [7, 11) is 0. The summed E-state index contributed by atoms with van der Waals surface area (Å²) in [5, 5.41) is 13.6. The zero-order chi connectivity index (χ0) is 24.5. The van der Waals surface area contributed by atoms with Crippen LogP contribution in [0.4, 0.5) is 5.95 Å². The van der Waals surface area contributed by atoms with Gasteiger partial charge in [-0.2, -0.15) is 0 Å². The van der Waals surface area contributed by atoms with Crippen LogP contribution in [0, 0.1) is 0 Å². The molecule has 0 radical (unpaired) electrons. The van der Waals surface area contributed by atoms with Crippen molar-refractivity contribution in [3.8, 4) is 22.8 Å². The zero-order valence-electron chi connectivity index (χ0n) is 19.8. The number of carbonyl (C=O) groups excluding carboxylic acids is 1. The molecular formula is C29H27N4O3+. The number of rotatable bonds is 6. The Morgan fingerprint density at radius 2 is 1.72 bits per heavy atom. The minimum Gasteiger partial charge on any atom is -0.457 e. The highest BCUT2D eigenvalue weighted by Crippen LogP contribution is 2.29. The van der Waals surface area contributed by atoms with E-state index in [-0.39, 0.29) is 11.9 Å². The molecule has 7 heteroatoms. The van der Waals surface area contributed by atoms with Crippen molar-refractivity contribution < 1.29 is 19.4 Å². The molecule has 0 spiro atoms. The second-order valence-electron chi connectivity index (χ2n) is 9.45. The van der Waals surface area contributed by atoms with Crippen LogP contribution in [0.15, 0.2) is 85.1 Å². The van der Waals surface area contributed by atoms with E-state index < -0.39 is 4.65 Å². The number of amides is 1. The van der Waals surface area contributed by atoms with Crippen LogP contribution in [0.1, 0.15) is 27.9 Å². The van der Waals surface area contributed by atoms with Crippen molar-refractivity contribution in [3.63, 3.8) is 0 Å². The molecule has 1 aliphatic heterocycles. The lowest BCUT2D eigenvalue weighted by Crippen LogP contribution is -2.31. The predicted octanol–water partition coefficient (Wildman–Crippen LogP) is 5.27. The Labute approximate surface area is 209 Å². The number of ether oxygens (including phenoxy) is 1. The van der Waals surface area contributed by atoms with Gasteiger partial charge in [-0.3, -0.25) is 0 Å². The second kappa shape index (κ2) is 9.18. The van der Waals surface area contributed by atoms with Crippen LogP contribution in [0.25, 0.3) is 11.3 Å². The van der Waals surface area contributed by atoms with Gasteiger partial charge in [0, 0.05) is 17.8 Å². The fraction of sp³-hybridized carbons (Fsp3) is 0.207. The average molecular weight is 480 g/mol. The number of aromatic nitrogens is 2. The molecular weight excluding hydrogens is 452 g/mol. The van der Waals surface area contributed by atoms with Gasteiger partial charge in [0.25, 0.3) is 0 Å². The van der Waals surface area contributed by atoms with Gasteiger partial charge in [0.15, 0.2) is 13.1 Å². The third-order valence-corrected chi connectivity index (χ3v) is 6.82. The van der Waals surface area contributed by atoms with Crippen LogP contribution >= 0.6 is 0 Å². The summed E-state index contributed by atoms with van der Waals surface area (Å²) in [6.07, 6.45) is 4.42. The molecule has 1 aliphatic carbocycles. The fourth-order valence-electron chi connectivity index (χ4n) is 4.64. The number of para-hydroxylation sites is 1. The number of anilines is 1. The first kappa shape index (κ1) is 22.4. The van der Waals surface area contributed by atoms with Gasteiger partial charge in [-0.25, -0.2) is 20.0 Å². The number of aryl methyl sites for hydroxylation is 1. The van der Waals surface area contributed by atoms with Crippen molar-refractivity contribution in [2.45, 2.75) is 25.3 Å². The number of fused-ring (bicyclic) bond motifs is 1. The van der Waals surface area contributed by atoms with Gasteiger partial charge in [-0.05, 0) is 85.0 Å². The van der Waals surface area contributed by atoms with Crippen LogP contribution in [0.5, 0.6) is 11.5 Å². The van der Waals surface area contributed by atoms with E-state index in [9.17, 15) is 10.0 Å². The van der Waals surface area contributed by atoms with Crippen LogP contribution < -0.4 is 10.1 Å². The van der Waals surface area contributed by atoms with E-state index in [0.717, 1.165) is 47.6 Å². The largest absolute Gasteiger partial charge is 0.457 e. The summed E-state index contributed by atoms with van der Waals surface area (Å²) in [6.45, 7) is 0.993. The Balaban J connectivity index is 1.14. The molecule has 1 atom stereocenters. The van der Waals surface area contributed by atoms with E-state index in [1.54, 1.807) is 6.20 Å². The monoisotopic (exact) mass is 479 g/mol. The molecule has 36 heavy (non-hydrogen) atoms. The molecule has 4 aromatic rings. The molecule has 1 fully saturated rings. The molecule has 2 heterocycles. The first-order valence-electron chi connectivity index (χ1n) is 12.3. The summed E-state index contributed by atoms with van der Waals surface area (Å²) in [6, 6.07) is 25.4. The third-order valence-electron chi connectivity index (χ3n) is 6.82. The number of nitrogens with one attached hydrogen (secondary N) is 1. The molecule has 180 valence electrons. The Morgan fingerprint density at radius 3 is 2.50 bits per heavy atom. The molecule has 1 aromatic heterocycles. The van der Waals surface area contributed by atoms with E-state index in [1.165, 1.54) is 5.56 Å². The van der Waals surface area contributed by atoms with Crippen LogP contribution in [0.3, 0.4) is 0 Å². The van der Waals surface area contributed by atoms with Gasteiger partial charge in [0.05, 0.1) is 11.3 Å². The normalized spacial score (nSPS) is 17.6. The van der Waals surface area contributed by atoms with Crippen molar-refractivity contribution in [3.05, 3.63) is 102 Å². The van der Waals surface area contributed by atoms with Gasteiger partial charge in [0.2, 0.25) is 5.95 Å². The predicted molar refractivity (Wildman–Crippen MR) is 136 cm³/mol. The van der Waals surface area contributed by atoms with E-state index in [2.05, 4.69) is 10.3 Å². The highest BCUT2D eigenvalue weighted by Gasteiger charge is 2.50. The maximum Gasteiger partial charge on any atom is 0.378 e. The van der Waals surface area contributed by atoms with Gasteiger partial charge in [0.1, 0.15) is 11.5 Å². The smallest absolute Gasteiger partial charge is 0.378 e. The van der Waals surface area contributed by atoms with Crippen molar-refractivity contribution >= 4 is 11.9 Å². The first-order valence-corrected chi connectivity index (χ1v) is 12.3. The third kappa shape index (κ3) is 4.71. The Morgan fingerprint density at radius 1 is 0.944 bits per heavy atom. The van der Waals surface area contributed by atoms with Crippen LogP contribution in [-0.2, 0) is 12.8 Å². The number of hydrogen-bond donors (Lipinski definition) is 2. The van der Waals surface area contributed by atoms with E-state index in [0.29, 0.717) is 24.6 Å². The van der Waals surface area contributed by atoms with Crippen molar-refractivity contribution in [1.82, 2.24) is 9.97 Å². The molecule has 0 bridgehead atoms. The molecule has 1 amide bonds. The molecule has 2 aliphatic rings. The maximum atomic E-state index is 12.6. The summed E-state index contributed by atoms with van der Waals surface area (Å²) >= 11 is 0. The molecule has 3 aromatic carbocycles. The highest BCUT2D eigenvalue weighted by atomic mass is 16.6. The Hall–Kier alpha value is -4.07. The van der Waals surface area contributed by atoms with E-state index in [1.807, 2.05) is 78.9 Å². The van der Waals surface area contributed by atoms with E-state index >= 15 is 0 Å². The molecule has 7 nitrogen and oxygen atoms in total. The summed E-state index contributed by atoms with van der Waals surface area (Å²) < 4.78 is 5.41. The van der Waals surface area contributed by atoms with E-state index in [4.69, 9.17) is 9.72 Å². The van der Waals surface area contributed by atoms with Gasteiger partial charge in [-0.1, -0.05) is 24.3 Å². The quantitative estimate of drug-likeness (QED) is 0.223. The molecule has 1 saturated heterocycles. The Kier molecular flexibility index (Phi) is 5.71. The summed E-state index contributed by atoms with van der Waals surface area (Å²) in [4.78, 5) is 21.7. The number of carbonyl (C=O) groups is 1. The first-order chi connectivity index (χ1) is 17.6. The van der Waals surface area contributed by atoms with Crippen molar-refractivity contribution in [2.24, 2.45) is 0 Å². The lowest BCUT2D eigenvalue weighted by Gasteiger charge is -2.26. The minimum absolute atomic E-state index is 0.165. The lowest BCUT2D eigenvalue weighted by atomic mass is 9.87. The van der Waals surface area contributed by atoms with Crippen LogP contribution in [0.2, 0.25) is 0 Å². The number of nitrogens with zero attached hydrogens (tertiary/aromatic N) is 3. The number of quaternary nitrogens is 1.